The molecular weight excluding hydrogens is 266 g/mol. The van der Waals surface area contributed by atoms with E-state index >= 15 is 0 Å². The first kappa shape index (κ1) is 14.6. The van der Waals surface area contributed by atoms with Crippen LogP contribution in [0.3, 0.4) is 0 Å². The van der Waals surface area contributed by atoms with Gasteiger partial charge >= 0.3 is 0 Å². The Morgan fingerprint density at radius 1 is 1.25 bits per heavy atom. The van der Waals surface area contributed by atoms with Gasteiger partial charge in [-0.3, -0.25) is 4.90 Å². The number of thiophene rings is 1. The molecule has 112 valence electrons. The van der Waals surface area contributed by atoms with Crippen molar-refractivity contribution in [3.05, 3.63) is 22.4 Å². The second kappa shape index (κ2) is 6.59. The highest BCUT2D eigenvalue weighted by atomic mass is 32.1. The van der Waals surface area contributed by atoms with Crippen LogP contribution in [-0.4, -0.2) is 31.7 Å². The molecule has 0 unspecified atom stereocenters. The number of rotatable bonds is 4. The van der Waals surface area contributed by atoms with Gasteiger partial charge in [0.25, 0.3) is 0 Å². The predicted octanol–water partition coefficient (Wildman–Crippen LogP) is 4.27. The fourth-order valence-electron chi connectivity index (χ4n) is 4.36. The van der Waals surface area contributed by atoms with Crippen LogP contribution < -0.4 is 0 Å². The highest BCUT2D eigenvalue weighted by Gasteiger charge is 2.47. The van der Waals surface area contributed by atoms with Crippen molar-refractivity contribution in [3.8, 4) is 0 Å². The summed E-state index contributed by atoms with van der Waals surface area (Å²) in [4.78, 5) is 4.40. The zero-order valence-corrected chi connectivity index (χ0v) is 13.5. The summed E-state index contributed by atoms with van der Waals surface area (Å²) in [6.45, 7) is 3.46. The fourth-order valence-corrected chi connectivity index (χ4v) is 5.43. The maximum absolute atomic E-state index is 5.60. The molecule has 1 aromatic heterocycles. The number of ether oxygens (including phenoxy) is 1. The van der Waals surface area contributed by atoms with Crippen molar-refractivity contribution in [2.45, 2.75) is 50.5 Å². The molecule has 20 heavy (non-hydrogen) atoms. The quantitative estimate of drug-likeness (QED) is 0.822. The monoisotopic (exact) mass is 293 g/mol. The second-order valence-corrected chi connectivity index (χ2v) is 7.30. The largest absolute Gasteiger partial charge is 0.384 e. The van der Waals surface area contributed by atoms with E-state index in [1.54, 1.807) is 4.88 Å². The number of methoxy groups -OCH3 is 1. The molecule has 1 saturated carbocycles. The lowest BCUT2D eigenvalue weighted by Gasteiger charge is -2.52. The van der Waals surface area contributed by atoms with Crippen molar-refractivity contribution in [3.63, 3.8) is 0 Å². The van der Waals surface area contributed by atoms with E-state index in [9.17, 15) is 0 Å². The van der Waals surface area contributed by atoms with E-state index in [0.29, 0.717) is 5.92 Å². The molecule has 1 aromatic rings. The third-order valence-corrected chi connectivity index (χ3v) is 6.31. The third kappa shape index (κ3) is 2.56. The molecule has 0 radical (unpaired) electrons. The molecule has 0 bridgehead atoms. The summed E-state index contributed by atoms with van der Waals surface area (Å²) in [5, 5.41) is 2.25. The molecule has 3 rings (SSSR count). The Labute approximate surface area is 127 Å². The summed E-state index contributed by atoms with van der Waals surface area (Å²) in [5.74, 6) is 0.665. The molecule has 2 atom stereocenters. The van der Waals surface area contributed by atoms with E-state index in [0.717, 1.165) is 6.61 Å². The van der Waals surface area contributed by atoms with Gasteiger partial charge in [-0.2, -0.15) is 0 Å². The van der Waals surface area contributed by atoms with E-state index in [1.807, 2.05) is 18.4 Å². The molecule has 0 aromatic carbocycles. The molecule has 0 spiro atoms. The lowest BCUT2D eigenvalue weighted by Crippen LogP contribution is -2.55. The van der Waals surface area contributed by atoms with Crippen molar-refractivity contribution < 1.29 is 4.74 Å². The van der Waals surface area contributed by atoms with Gasteiger partial charge in [-0.15, -0.1) is 11.3 Å². The Morgan fingerprint density at radius 2 is 2.10 bits per heavy atom. The van der Waals surface area contributed by atoms with E-state index < -0.39 is 0 Å². The van der Waals surface area contributed by atoms with E-state index in [-0.39, 0.29) is 5.54 Å². The molecule has 3 heteroatoms. The van der Waals surface area contributed by atoms with Crippen LogP contribution in [0, 0.1) is 5.92 Å². The highest BCUT2D eigenvalue weighted by molar-refractivity contribution is 7.10. The van der Waals surface area contributed by atoms with Gasteiger partial charge in [-0.1, -0.05) is 25.3 Å². The van der Waals surface area contributed by atoms with Crippen molar-refractivity contribution >= 4 is 11.3 Å². The Balaban J connectivity index is 1.96. The van der Waals surface area contributed by atoms with Crippen LogP contribution in [0.25, 0.3) is 0 Å². The topological polar surface area (TPSA) is 12.5 Å². The van der Waals surface area contributed by atoms with Gasteiger partial charge in [-0.25, -0.2) is 0 Å². The van der Waals surface area contributed by atoms with Crippen LogP contribution >= 0.6 is 11.3 Å². The highest BCUT2D eigenvalue weighted by Crippen LogP contribution is 2.48. The van der Waals surface area contributed by atoms with Crippen molar-refractivity contribution in [2.75, 3.05) is 26.8 Å². The maximum atomic E-state index is 5.60. The molecule has 1 saturated heterocycles. The summed E-state index contributed by atoms with van der Waals surface area (Å²) in [7, 11) is 1.87. The molecule has 2 nitrogen and oxygen atoms in total. The second-order valence-electron chi connectivity index (χ2n) is 6.35. The lowest BCUT2D eigenvalue weighted by molar-refractivity contribution is -0.0437. The molecule has 2 fully saturated rings. The molecule has 0 amide bonds. The van der Waals surface area contributed by atoms with Gasteiger partial charge in [-0.05, 0) is 50.2 Å². The minimum Gasteiger partial charge on any atom is -0.384 e. The zero-order chi connectivity index (χ0) is 13.8. The van der Waals surface area contributed by atoms with Gasteiger partial charge in [0.1, 0.15) is 0 Å². The van der Waals surface area contributed by atoms with E-state index in [4.69, 9.17) is 4.74 Å². The molecule has 2 aliphatic rings. The summed E-state index contributed by atoms with van der Waals surface area (Å²) < 4.78 is 5.60. The van der Waals surface area contributed by atoms with Gasteiger partial charge in [0.2, 0.25) is 0 Å². The average molecular weight is 293 g/mol. The Hall–Kier alpha value is -0.380. The van der Waals surface area contributed by atoms with Gasteiger partial charge < -0.3 is 4.74 Å². The van der Waals surface area contributed by atoms with Gasteiger partial charge in [0.15, 0.2) is 0 Å². The van der Waals surface area contributed by atoms with Crippen molar-refractivity contribution in [1.82, 2.24) is 4.90 Å². The maximum Gasteiger partial charge on any atom is 0.0604 e. The molecule has 0 N–H and O–H groups in total. The average Bonchev–Trinajstić information content (AvgIpc) is 3.04. The standard InChI is InChI=1S/C17H27NOS/c1-19-14-15-8-3-4-10-17(15,16-9-7-13-20-16)18-11-5-2-6-12-18/h7,9,13,15H,2-6,8,10-12,14H2,1H3/t15-,17-/m0/s1. The molecule has 1 aliphatic carbocycles. The van der Waals surface area contributed by atoms with Crippen LogP contribution in [0.4, 0.5) is 0 Å². The van der Waals surface area contributed by atoms with E-state index in [1.165, 1.54) is 58.0 Å². The number of piperidine rings is 1. The fraction of sp³-hybridized carbons (Fsp3) is 0.765. The van der Waals surface area contributed by atoms with Crippen LogP contribution in [-0.2, 0) is 10.3 Å². The third-order valence-electron chi connectivity index (χ3n) is 5.27. The smallest absolute Gasteiger partial charge is 0.0604 e. The van der Waals surface area contributed by atoms with Crippen LogP contribution in [0.2, 0.25) is 0 Å². The number of hydrogen-bond donors (Lipinski definition) is 0. The van der Waals surface area contributed by atoms with Crippen LogP contribution in [0.1, 0.15) is 49.8 Å². The first-order chi connectivity index (χ1) is 9.88. The van der Waals surface area contributed by atoms with Crippen molar-refractivity contribution in [1.29, 1.82) is 0 Å². The normalized spacial score (nSPS) is 32.4. The minimum absolute atomic E-state index is 0.267. The molecule has 1 aliphatic heterocycles. The summed E-state index contributed by atoms with van der Waals surface area (Å²) in [6, 6.07) is 4.59. The van der Waals surface area contributed by atoms with Gasteiger partial charge in [0.05, 0.1) is 12.1 Å². The Kier molecular flexibility index (Phi) is 4.79. The Morgan fingerprint density at radius 3 is 2.80 bits per heavy atom. The Bertz CT molecular complexity index is 384. The zero-order valence-electron chi connectivity index (χ0n) is 12.6. The molecule has 2 heterocycles. The van der Waals surface area contributed by atoms with Gasteiger partial charge in [0, 0.05) is 17.9 Å². The lowest BCUT2D eigenvalue weighted by atomic mass is 9.70. The van der Waals surface area contributed by atoms with Crippen LogP contribution in [0.15, 0.2) is 17.5 Å². The number of likely N-dealkylation sites (tertiary alicyclic amines) is 1. The SMILES string of the molecule is COC[C@@H]1CCCC[C@]1(c1cccs1)N1CCCCC1. The molecular formula is C17H27NOS. The first-order valence-corrected chi connectivity index (χ1v) is 9.04. The van der Waals surface area contributed by atoms with Crippen LogP contribution in [0.5, 0.6) is 0 Å². The minimum atomic E-state index is 0.267. The predicted molar refractivity (Wildman–Crippen MR) is 85.3 cm³/mol. The summed E-state index contributed by atoms with van der Waals surface area (Å²) >= 11 is 1.95. The summed E-state index contributed by atoms with van der Waals surface area (Å²) in [6.07, 6.45) is 9.53. The first-order valence-electron chi connectivity index (χ1n) is 8.16. The van der Waals surface area contributed by atoms with E-state index in [2.05, 4.69) is 22.4 Å². The summed E-state index contributed by atoms with van der Waals surface area (Å²) in [5.41, 5.74) is 0.267. The van der Waals surface area contributed by atoms with Crippen molar-refractivity contribution in [2.24, 2.45) is 5.92 Å². The number of nitrogens with zero attached hydrogens (tertiary/aromatic N) is 1. The number of hydrogen-bond acceptors (Lipinski definition) is 3.